The van der Waals surface area contributed by atoms with E-state index in [1.165, 1.54) is 0 Å². The quantitative estimate of drug-likeness (QED) is 0.707. The maximum atomic E-state index is 11.5. The van der Waals surface area contributed by atoms with E-state index < -0.39 is 0 Å². The molecule has 6 heteroatoms. The average molecular weight is 376 g/mol. The van der Waals surface area contributed by atoms with Crippen molar-refractivity contribution >= 4 is 23.6 Å². The summed E-state index contributed by atoms with van der Waals surface area (Å²) in [5.41, 5.74) is 1.38. The number of carbonyl (C=O) groups excluding carboxylic acids is 1. The predicted octanol–water partition coefficient (Wildman–Crippen LogP) is 4.22. The molecule has 26 heavy (non-hydrogen) atoms. The smallest absolute Gasteiger partial charge is 0.184 e. The van der Waals surface area contributed by atoms with Crippen LogP contribution in [0.1, 0.15) is 23.2 Å². The number of piperidine rings is 1. The van der Waals surface area contributed by atoms with E-state index in [2.05, 4.69) is 4.90 Å². The molecule has 1 aliphatic rings. The van der Waals surface area contributed by atoms with Crippen LogP contribution < -0.4 is 19.1 Å². The molecule has 138 valence electrons. The van der Waals surface area contributed by atoms with Crippen LogP contribution in [0.25, 0.3) is 0 Å². The van der Waals surface area contributed by atoms with Crippen molar-refractivity contribution < 1.29 is 19.0 Å². The molecule has 0 N–H and O–H groups in total. The molecule has 1 saturated heterocycles. The van der Waals surface area contributed by atoms with Gasteiger partial charge in [-0.05, 0) is 36.4 Å². The summed E-state index contributed by atoms with van der Waals surface area (Å²) in [6.45, 7) is 1.53. The highest BCUT2D eigenvalue weighted by atomic mass is 35.5. The molecule has 0 aliphatic carbocycles. The Morgan fingerprint density at radius 1 is 1.04 bits per heavy atom. The summed E-state index contributed by atoms with van der Waals surface area (Å²) in [6, 6.07) is 10.9. The van der Waals surface area contributed by atoms with Crippen LogP contribution in [0.15, 0.2) is 36.4 Å². The summed E-state index contributed by atoms with van der Waals surface area (Å²) in [7, 11) is 3.18. The Balaban J connectivity index is 1.73. The number of nitrogens with zero attached hydrogens (tertiary/aromatic N) is 1. The van der Waals surface area contributed by atoms with Gasteiger partial charge in [-0.1, -0.05) is 11.6 Å². The summed E-state index contributed by atoms with van der Waals surface area (Å²) in [5.74, 6) is 2.03. The highest BCUT2D eigenvalue weighted by Crippen LogP contribution is 2.41. The van der Waals surface area contributed by atoms with E-state index in [-0.39, 0.29) is 6.10 Å². The zero-order valence-corrected chi connectivity index (χ0v) is 15.7. The summed E-state index contributed by atoms with van der Waals surface area (Å²) in [5, 5.41) is 0.693. The fourth-order valence-electron chi connectivity index (χ4n) is 3.25. The minimum Gasteiger partial charge on any atom is -0.493 e. The molecule has 1 aliphatic heterocycles. The zero-order chi connectivity index (χ0) is 18.5. The number of ether oxygens (including phenoxy) is 3. The molecule has 2 aromatic carbocycles. The molecule has 0 radical (unpaired) electrons. The van der Waals surface area contributed by atoms with Gasteiger partial charge in [0.15, 0.2) is 17.8 Å². The molecule has 0 atom stereocenters. The van der Waals surface area contributed by atoms with Gasteiger partial charge in [0, 0.05) is 36.5 Å². The third kappa shape index (κ3) is 3.88. The molecular formula is C20H22ClNO4. The van der Waals surface area contributed by atoms with Crippen LogP contribution in [0, 0.1) is 0 Å². The number of aldehydes is 1. The Hall–Kier alpha value is -2.40. The summed E-state index contributed by atoms with van der Waals surface area (Å²) < 4.78 is 16.9. The summed E-state index contributed by atoms with van der Waals surface area (Å²) in [6.07, 6.45) is 2.68. The Labute approximate surface area is 158 Å². The van der Waals surface area contributed by atoms with Gasteiger partial charge < -0.3 is 19.1 Å². The van der Waals surface area contributed by atoms with E-state index in [0.29, 0.717) is 22.1 Å². The van der Waals surface area contributed by atoms with Crippen molar-refractivity contribution in [2.24, 2.45) is 0 Å². The fraction of sp³-hybridized carbons (Fsp3) is 0.350. The molecule has 0 aromatic heterocycles. The maximum absolute atomic E-state index is 11.5. The number of hydrogen-bond donors (Lipinski definition) is 0. The lowest BCUT2D eigenvalue weighted by Gasteiger charge is -2.35. The average Bonchev–Trinajstić information content (AvgIpc) is 2.69. The first kappa shape index (κ1) is 18.4. The van der Waals surface area contributed by atoms with Crippen molar-refractivity contribution in [3.8, 4) is 17.2 Å². The lowest BCUT2D eigenvalue weighted by Crippen LogP contribution is -2.39. The molecule has 0 unspecified atom stereocenters. The van der Waals surface area contributed by atoms with Crippen LogP contribution in [0.5, 0.6) is 17.2 Å². The van der Waals surface area contributed by atoms with Gasteiger partial charge in [-0.15, -0.1) is 0 Å². The van der Waals surface area contributed by atoms with E-state index >= 15 is 0 Å². The Bertz CT molecular complexity index is 755. The lowest BCUT2D eigenvalue weighted by atomic mass is 10.0. The van der Waals surface area contributed by atoms with Gasteiger partial charge in [0.25, 0.3) is 0 Å². The third-order valence-corrected chi connectivity index (χ3v) is 4.80. The highest BCUT2D eigenvalue weighted by Gasteiger charge is 2.26. The number of methoxy groups -OCH3 is 2. The number of halogens is 1. The second-order valence-electron chi connectivity index (χ2n) is 6.11. The van der Waals surface area contributed by atoms with Crippen LogP contribution in [0.4, 0.5) is 5.69 Å². The molecule has 0 spiro atoms. The Morgan fingerprint density at radius 2 is 1.73 bits per heavy atom. The maximum Gasteiger partial charge on any atom is 0.184 e. The number of benzene rings is 2. The number of hydrogen-bond acceptors (Lipinski definition) is 5. The SMILES string of the molecule is COc1ccc(C=O)c(N2CCC(Oc3ccc(Cl)cc3)CC2)c1OC. The third-order valence-electron chi connectivity index (χ3n) is 4.55. The lowest BCUT2D eigenvalue weighted by molar-refractivity contribution is 0.112. The monoisotopic (exact) mass is 375 g/mol. The molecule has 3 rings (SSSR count). The first-order valence-electron chi connectivity index (χ1n) is 8.53. The number of rotatable bonds is 6. The second-order valence-corrected chi connectivity index (χ2v) is 6.55. The van der Waals surface area contributed by atoms with Crippen molar-refractivity contribution in [3.05, 3.63) is 47.0 Å². The van der Waals surface area contributed by atoms with Crippen LogP contribution in [-0.4, -0.2) is 39.7 Å². The molecular weight excluding hydrogens is 354 g/mol. The molecule has 1 fully saturated rings. The van der Waals surface area contributed by atoms with E-state index in [1.54, 1.807) is 26.4 Å². The van der Waals surface area contributed by atoms with Crippen LogP contribution in [-0.2, 0) is 0 Å². The molecule has 5 nitrogen and oxygen atoms in total. The van der Waals surface area contributed by atoms with Gasteiger partial charge >= 0.3 is 0 Å². The van der Waals surface area contributed by atoms with Crippen LogP contribution in [0.3, 0.4) is 0 Å². The summed E-state index contributed by atoms with van der Waals surface area (Å²) >= 11 is 5.91. The number of carbonyl (C=O) groups is 1. The van der Waals surface area contributed by atoms with Gasteiger partial charge in [0.05, 0.1) is 19.9 Å². The van der Waals surface area contributed by atoms with Gasteiger partial charge in [-0.25, -0.2) is 0 Å². The van der Waals surface area contributed by atoms with E-state index in [9.17, 15) is 4.79 Å². The van der Waals surface area contributed by atoms with Gasteiger partial charge in [0.2, 0.25) is 0 Å². The normalized spacial score (nSPS) is 14.8. The van der Waals surface area contributed by atoms with Crippen molar-refractivity contribution in [1.82, 2.24) is 0 Å². The molecule has 0 saturated carbocycles. The standard InChI is InChI=1S/C20H22ClNO4/c1-24-18-8-3-14(13-23)19(20(18)25-2)22-11-9-17(10-12-22)26-16-6-4-15(21)5-7-16/h3-8,13,17H,9-12H2,1-2H3. The topological polar surface area (TPSA) is 48.0 Å². The van der Waals surface area contributed by atoms with E-state index in [1.807, 2.05) is 24.3 Å². The Morgan fingerprint density at radius 3 is 2.31 bits per heavy atom. The Kier molecular flexibility index (Phi) is 5.89. The van der Waals surface area contributed by atoms with E-state index in [0.717, 1.165) is 43.7 Å². The minimum atomic E-state index is 0.128. The first-order valence-corrected chi connectivity index (χ1v) is 8.91. The predicted molar refractivity (Wildman–Crippen MR) is 102 cm³/mol. The van der Waals surface area contributed by atoms with Crippen molar-refractivity contribution in [2.75, 3.05) is 32.2 Å². The first-order chi connectivity index (χ1) is 12.7. The van der Waals surface area contributed by atoms with Crippen LogP contribution >= 0.6 is 11.6 Å². The van der Waals surface area contributed by atoms with Gasteiger partial charge in [-0.2, -0.15) is 0 Å². The second kappa shape index (κ2) is 8.32. The molecule has 2 aromatic rings. The largest absolute Gasteiger partial charge is 0.493 e. The number of anilines is 1. The van der Waals surface area contributed by atoms with Gasteiger partial charge in [-0.3, -0.25) is 4.79 Å². The van der Waals surface area contributed by atoms with Crippen LogP contribution in [0.2, 0.25) is 5.02 Å². The summed E-state index contributed by atoms with van der Waals surface area (Å²) in [4.78, 5) is 13.7. The minimum absolute atomic E-state index is 0.128. The highest BCUT2D eigenvalue weighted by molar-refractivity contribution is 6.30. The van der Waals surface area contributed by atoms with Gasteiger partial charge in [0.1, 0.15) is 11.9 Å². The van der Waals surface area contributed by atoms with Crippen molar-refractivity contribution in [3.63, 3.8) is 0 Å². The molecule has 0 amide bonds. The van der Waals surface area contributed by atoms with Crippen molar-refractivity contribution in [2.45, 2.75) is 18.9 Å². The van der Waals surface area contributed by atoms with E-state index in [4.69, 9.17) is 25.8 Å². The zero-order valence-electron chi connectivity index (χ0n) is 14.9. The molecule has 1 heterocycles. The van der Waals surface area contributed by atoms with Crippen molar-refractivity contribution in [1.29, 1.82) is 0 Å². The fourth-order valence-corrected chi connectivity index (χ4v) is 3.38. The molecule has 0 bridgehead atoms.